The molecule has 37 heavy (non-hydrogen) atoms. The number of fused-ring (bicyclic) bond motifs is 1. The lowest BCUT2D eigenvalue weighted by atomic mass is 9.95. The number of nitrogens with zero attached hydrogens (tertiary/aromatic N) is 1. The van der Waals surface area contributed by atoms with E-state index in [1.807, 2.05) is 19.1 Å². The lowest BCUT2D eigenvalue weighted by Gasteiger charge is -2.35. The van der Waals surface area contributed by atoms with E-state index in [-0.39, 0.29) is 18.6 Å². The Kier molecular flexibility index (Phi) is 7.35. The molecule has 2 aliphatic rings. The molecule has 1 N–H and O–H groups in total. The third-order valence-electron chi connectivity index (χ3n) is 6.86. The molecular formula is C29H32N2O6. The molecule has 1 saturated carbocycles. The highest BCUT2D eigenvalue weighted by molar-refractivity contribution is 6.03. The summed E-state index contributed by atoms with van der Waals surface area (Å²) in [6.45, 7) is 1.84. The van der Waals surface area contributed by atoms with Crippen LogP contribution in [0.5, 0.6) is 17.2 Å². The van der Waals surface area contributed by atoms with Gasteiger partial charge in [-0.3, -0.25) is 14.5 Å². The van der Waals surface area contributed by atoms with E-state index >= 15 is 0 Å². The zero-order valence-electron chi connectivity index (χ0n) is 21.1. The summed E-state index contributed by atoms with van der Waals surface area (Å²) in [7, 11) is 1.58. The van der Waals surface area contributed by atoms with Crippen LogP contribution in [-0.2, 0) is 9.59 Å². The first kappa shape index (κ1) is 24.7. The Morgan fingerprint density at radius 1 is 0.973 bits per heavy atom. The van der Waals surface area contributed by atoms with Gasteiger partial charge < -0.3 is 23.9 Å². The molecular weight excluding hydrogens is 472 g/mol. The maximum atomic E-state index is 14.1. The van der Waals surface area contributed by atoms with Crippen molar-refractivity contribution in [2.45, 2.75) is 57.2 Å². The van der Waals surface area contributed by atoms with Crippen LogP contribution >= 0.6 is 0 Å². The number of benzene rings is 2. The first-order chi connectivity index (χ1) is 18.0. The average molecular weight is 505 g/mol. The Morgan fingerprint density at radius 3 is 2.38 bits per heavy atom. The summed E-state index contributed by atoms with van der Waals surface area (Å²) in [5, 5.41) is 3.18. The van der Waals surface area contributed by atoms with Gasteiger partial charge in [0.05, 0.1) is 7.11 Å². The lowest BCUT2D eigenvalue weighted by molar-refractivity contribution is -0.132. The zero-order valence-corrected chi connectivity index (χ0v) is 21.1. The maximum absolute atomic E-state index is 14.1. The van der Waals surface area contributed by atoms with Gasteiger partial charge in [0.2, 0.25) is 6.10 Å². The second-order valence-corrected chi connectivity index (χ2v) is 9.46. The number of hydrogen-bond acceptors (Lipinski definition) is 6. The summed E-state index contributed by atoms with van der Waals surface area (Å²) in [4.78, 5) is 29.5. The van der Waals surface area contributed by atoms with Crippen molar-refractivity contribution >= 4 is 17.5 Å². The van der Waals surface area contributed by atoms with Crippen molar-refractivity contribution in [1.82, 2.24) is 5.32 Å². The molecule has 1 aliphatic carbocycles. The second-order valence-electron chi connectivity index (χ2n) is 9.46. The lowest BCUT2D eigenvalue weighted by Crippen LogP contribution is -2.52. The number of ether oxygens (including phenoxy) is 3. The number of anilines is 1. The number of methoxy groups -OCH3 is 1. The predicted molar refractivity (Wildman–Crippen MR) is 138 cm³/mol. The van der Waals surface area contributed by atoms with E-state index in [2.05, 4.69) is 5.32 Å². The summed E-state index contributed by atoms with van der Waals surface area (Å²) < 4.78 is 23.2. The minimum atomic E-state index is -1.03. The number of amides is 2. The highest BCUT2D eigenvalue weighted by atomic mass is 16.6. The molecule has 8 nitrogen and oxygen atoms in total. The molecule has 194 valence electrons. The van der Waals surface area contributed by atoms with E-state index in [0.717, 1.165) is 25.7 Å². The molecule has 2 atom stereocenters. The molecule has 0 bridgehead atoms. The Balaban J connectivity index is 1.52. The van der Waals surface area contributed by atoms with Gasteiger partial charge >= 0.3 is 0 Å². The van der Waals surface area contributed by atoms with Gasteiger partial charge in [0, 0.05) is 11.7 Å². The highest BCUT2D eigenvalue weighted by Crippen LogP contribution is 2.35. The summed E-state index contributed by atoms with van der Waals surface area (Å²) in [6, 6.07) is 16.8. The van der Waals surface area contributed by atoms with Crippen LogP contribution in [0.1, 0.15) is 49.7 Å². The Hall–Kier alpha value is -3.94. The Morgan fingerprint density at radius 2 is 1.70 bits per heavy atom. The smallest absolute Gasteiger partial charge is 0.272 e. The number of carbonyl (C=O) groups is 2. The second kappa shape index (κ2) is 11.0. The van der Waals surface area contributed by atoms with E-state index in [9.17, 15) is 9.59 Å². The molecule has 0 spiro atoms. The van der Waals surface area contributed by atoms with Crippen molar-refractivity contribution in [3.63, 3.8) is 0 Å². The quantitative estimate of drug-likeness (QED) is 0.489. The average Bonchev–Trinajstić information content (AvgIpc) is 3.37. The largest absolute Gasteiger partial charge is 0.497 e. The fourth-order valence-corrected chi connectivity index (χ4v) is 4.94. The normalized spacial score (nSPS) is 18.1. The predicted octanol–water partition coefficient (Wildman–Crippen LogP) is 4.96. The number of furan rings is 1. The van der Waals surface area contributed by atoms with Gasteiger partial charge in [0.25, 0.3) is 11.8 Å². The zero-order chi connectivity index (χ0) is 25.8. The Labute approximate surface area is 216 Å². The molecule has 2 heterocycles. The first-order valence-corrected chi connectivity index (χ1v) is 12.8. The number of carbonyl (C=O) groups excluding carboxylic acids is 2. The Bertz CT molecular complexity index is 1230. The van der Waals surface area contributed by atoms with Crippen molar-refractivity contribution < 1.29 is 28.2 Å². The van der Waals surface area contributed by atoms with E-state index in [0.29, 0.717) is 34.5 Å². The van der Waals surface area contributed by atoms with Crippen molar-refractivity contribution in [1.29, 1.82) is 0 Å². The number of rotatable bonds is 7. The van der Waals surface area contributed by atoms with Gasteiger partial charge in [-0.1, -0.05) is 31.4 Å². The number of para-hydroxylation sites is 2. The van der Waals surface area contributed by atoms with Crippen molar-refractivity contribution in [2.24, 2.45) is 0 Å². The molecule has 0 unspecified atom stereocenters. The molecule has 1 aliphatic heterocycles. The van der Waals surface area contributed by atoms with Crippen molar-refractivity contribution in [2.75, 3.05) is 18.6 Å². The molecule has 3 aromatic rings. The van der Waals surface area contributed by atoms with Gasteiger partial charge in [-0.05, 0) is 68.3 Å². The fourth-order valence-electron chi connectivity index (χ4n) is 4.94. The summed E-state index contributed by atoms with van der Waals surface area (Å²) >= 11 is 0. The van der Waals surface area contributed by atoms with Crippen LogP contribution in [0, 0.1) is 6.92 Å². The maximum Gasteiger partial charge on any atom is 0.272 e. The number of aryl methyl sites for hydroxylation is 1. The molecule has 0 saturated heterocycles. The minimum Gasteiger partial charge on any atom is -0.497 e. The van der Waals surface area contributed by atoms with Gasteiger partial charge in [-0.15, -0.1) is 0 Å². The summed E-state index contributed by atoms with van der Waals surface area (Å²) in [6.07, 6.45) is 4.21. The van der Waals surface area contributed by atoms with Crippen LogP contribution in [0.2, 0.25) is 0 Å². The topological polar surface area (TPSA) is 90.2 Å². The molecule has 1 fully saturated rings. The molecule has 1 aromatic heterocycles. The van der Waals surface area contributed by atoms with E-state index in [1.54, 1.807) is 55.6 Å². The fraction of sp³-hybridized carbons (Fsp3) is 0.379. The molecule has 2 aromatic carbocycles. The van der Waals surface area contributed by atoms with Crippen LogP contribution in [-0.4, -0.2) is 37.7 Å². The summed E-state index contributed by atoms with van der Waals surface area (Å²) in [5.41, 5.74) is 0.520. The van der Waals surface area contributed by atoms with Gasteiger partial charge in [-0.25, -0.2) is 0 Å². The third-order valence-corrected chi connectivity index (χ3v) is 6.86. The number of hydrogen-bond donors (Lipinski definition) is 1. The van der Waals surface area contributed by atoms with Crippen molar-refractivity contribution in [3.05, 3.63) is 72.2 Å². The van der Waals surface area contributed by atoms with Crippen LogP contribution in [0.15, 0.2) is 65.1 Å². The number of nitrogens with one attached hydrogen (secondary N) is 1. The standard InChI is InChI=1S/C29H32N2O6/c1-19-12-17-25(36-19)27(28(32)30-20-8-4-3-5-9-20)31(21-13-15-22(34-2)16-14-21)29(33)26-18-35-23-10-6-7-11-24(23)37-26/h6-7,10-17,20,26-27H,3-5,8-9,18H2,1-2H3,(H,30,32)/t26-,27+/m1/s1. The van der Waals surface area contributed by atoms with Gasteiger partial charge in [-0.2, -0.15) is 0 Å². The van der Waals surface area contributed by atoms with E-state index < -0.39 is 18.1 Å². The van der Waals surface area contributed by atoms with Gasteiger partial charge in [0.15, 0.2) is 17.5 Å². The first-order valence-electron chi connectivity index (χ1n) is 12.8. The van der Waals surface area contributed by atoms with Crippen LogP contribution in [0.25, 0.3) is 0 Å². The minimum absolute atomic E-state index is 0.0245. The van der Waals surface area contributed by atoms with E-state index in [4.69, 9.17) is 18.6 Å². The third kappa shape index (κ3) is 5.43. The summed E-state index contributed by atoms with van der Waals surface area (Å²) in [5.74, 6) is 2.04. The molecule has 2 amide bonds. The highest BCUT2D eigenvalue weighted by Gasteiger charge is 2.41. The van der Waals surface area contributed by atoms with Crippen LogP contribution < -0.4 is 24.4 Å². The molecule has 5 rings (SSSR count). The van der Waals surface area contributed by atoms with Gasteiger partial charge in [0.1, 0.15) is 23.9 Å². The SMILES string of the molecule is COc1ccc(N(C(=O)[C@H]2COc3ccccc3O2)[C@H](C(=O)NC2CCCCC2)c2ccc(C)o2)cc1. The van der Waals surface area contributed by atoms with E-state index in [1.165, 1.54) is 11.3 Å². The molecule has 8 heteroatoms. The van der Waals surface area contributed by atoms with Crippen molar-refractivity contribution in [3.8, 4) is 17.2 Å². The monoisotopic (exact) mass is 504 g/mol. The van der Waals surface area contributed by atoms with Crippen LogP contribution in [0.3, 0.4) is 0 Å². The molecule has 0 radical (unpaired) electrons. The van der Waals surface area contributed by atoms with Crippen LogP contribution in [0.4, 0.5) is 5.69 Å².